The average Bonchev–Trinajstić information content (AvgIpc) is 2.16. The van der Waals surface area contributed by atoms with Crippen LogP contribution < -0.4 is 9.47 Å². The molecular weight excluding hydrogens is 236 g/mol. The lowest BCUT2D eigenvalue weighted by Crippen LogP contribution is -2.30. The van der Waals surface area contributed by atoms with Crippen molar-refractivity contribution in [1.82, 2.24) is 0 Å². The maximum absolute atomic E-state index is 10.4. The van der Waals surface area contributed by atoms with Crippen molar-refractivity contribution in [3.8, 4) is 11.5 Å². The number of aldehydes is 1. The van der Waals surface area contributed by atoms with E-state index in [2.05, 4.69) is 15.9 Å². The van der Waals surface area contributed by atoms with Gasteiger partial charge in [-0.3, -0.25) is 4.79 Å². The lowest BCUT2D eigenvalue weighted by molar-refractivity contribution is -0.115. The fourth-order valence-corrected chi connectivity index (χ4v) is 1.47. The van der Waals surface area contributed by atoms with Crippen LogP contribution in [0.5, 0.6) is 11.5 Å². The molecule has 0 fully saturated rings. The number of rotatable bonds is 1. The summed E-state index contributed by atoms with van der Waals surface area (Å²) in [6, 6.07) is 5.45. The minimum Gasteiger partial charge on any atom is -0.485 e. The number of halogens is 1. The Morgan fingerprint density at radius 1 is 1.46 bits per heavy atom. The van der Waals surface area contributed by atoms with E-state index in [1.807, 2.05) is 6.07 Å². The Balaban J connectivity index is 2.32. The third-order valence-electron chi connectivity index (χ3n) is 1.74. The normalized spacial score (nSPS) is 19.6. The molecule has 2 rings (SSSR count). The molecule has 3 nitrogen and oxygen atoms in total. The molecule has 0 saturated heterocycles. The maximum atomic E-state index is 10.4. The van der Waals surface area contributed by atoms with Gasteiger partial charge >= 0.3 is 0 Å². The number of hydrogen-bond donors (Lipinski definition) is 0. The molecule has 1 unspecified atom stereocenters. The summed E-state index contributed by atoms with van der Waals surface area (Å²) in [4.78, 5) is 10.4. The molecular formula is C9H7BrO3. The van der Waals surface area contributed by atoms with Crippen LogP contribution in [0.2, 0.25) is 0 Å². The number of hydrogen-bond acceptors (Lipinski definition) is 3. The van der Waals surface area contributed by atoms with E-state index in [1.54, 1.807) is 12.1 Å². The lowest BCUT2D eigenvalue weighted by Gasteiger charge is -2.22. The zero-order valence-corrected chi connectivity index (χ0v) is 8.28. The maximum Gasteiger partial charge on any atom is 0.187 e. The SMILES string of the molecule is O=CC1COc2ccc(Br)cc2O1. The Kier molecular flexibility index (Phi) is 2.22. The van der Waals surface area contributed by atoms with Crippen LogP contribution in [0.4, 0.5) is 0 Å². The average molecular weight is 243 g/mol. The topological polar surface area (TPSA) is 35.5 Å². The number of fused-ring (bicyclic) bond motifs is 1. The van der Waals surface area contributed by atoms with Crippen molar-refractivity contribution in [3.63, 3.8) is 0 Å². The molecule has 1 aromatic rings. The molecule has 0 N–H and O–H groups in total. The van der Waals surface area contributed by atoms with E-state index in [4.69, 9.17) is 9.47 Å². The van der Waals surface area contributed by atoms with Gasteiger partial charge in [0.25, 0.3) is 0 Å². The molecule has 0 amide bonds. The van der Waals surface area contributed by atoms with Crippen LogP contribution in [0.15, 0.2) is 22.7 Å². The first kappa shape index (κ1) is 8.56. The van der Waals surface area contributed by atoms with Crippen LogP contribution >= 0.6 is 15.9 Å². The first-order valence-electron chi connectivity index (χ1n) is 3.84. The number of carbonyl (C=O) groups is 1. The van der Waals surface area contributed by atoms with Gasteiger partial charge in [-0.25, -0.2) is 0 Å². The van der Waals surface area contributed by atoms with Gasteiger partial charge in [-0.1, -0.05) is 15.9 Å². The molecule has 1 heterocycles. The van der Waals surface area contributed by atoms with Gasteiger partial charge in [-0.05, 0) is 18.2 Å². The Labute approximate surface area is 83.8 Å². The number of ether oxygens (including phenoxy) is 2. The van der Waals surface area contributed by atoms with Crippen molar-refractivity contribution in [3.05, 3.63) is 22.7 Å². The molecule has 0 bridgehead atoms. The zero-order chi connectivity index (χ0) is 9.26. The van der Waals surface area contributed by atoms with Gasteiger partial charge in [0.2, 0.25) is 0 Å². The second kappa shape index (κ2) is 3.38. The summed E-state index contributed by atoms with van der Waals surface area (Å²) in [6.07, 6.45) is 0.255. The predicted molar refractivity (Wildman–Crippen MR) is 50.1 cm³/mol. The van der Waals surface area contributed by atoms with E-state index in [9.17, 15) is 4.79 Å². The van der Waals surface area contributed by atoms with Gasteiger partial charge in [0.1, 0.15) is 6.61 Å². The molecule has 0 radical (unpaired) electrons. The predicted octanol–water partition coefficient (Wildman–Crippen LogP) is 1.79. The highest BCUT2D eigenvalue weighted by molar-refractivity contribution is 9.10. The molecule has 68 valence electrons. The minimum absolute atomic E-state index is 0.290. The summed E-state index contributed by atoms with van der Waals surface area (Å²) in [5, 5.41) is 0. The highest BCUT2D eigenvalue weighted by Crippen LogP contribution is 2.33. The smallest absolute Gasteiger partial charge is 0.187 e. The minimum atomic E-state index is -0.484. The highest BCUT2D eigenvalue weighted by Gasteiger charge is 2.19. The molecule has 0 aromatic heterocycles. The van der Waals surface area contributed by atoms with Crippen LogP contribution in [0.3, 0.4) is 0 Å². The molecule has 1 aliphatic rings. The fourth-order valence-electron chi connectivity index (χ4n) is 1.13. The Hall–Kier alpha value is -1.03. The van der Waals surface area contributed by atoms with Crippen molar-refractivity contribution in [1.29, 1.82) is 0 Å². The summed E-state index contributed by atoms with van der Waals surface area (Å²) in [5.74, 6) is 1.29. The van der Waals surface area contributed by atoms with Gasteiger partial charge in [-0.2, -0.15) is 0 Å². The van der Waals surface area contributed by atoms with E-state index < -0.39 is 6.10 Å². The van der Waals surface area contributed by atoms with Crippen molar-refractivity contribution in [2.24, 2.45) is 0 Å². The van der Waals surface area contributed by atoms with Crippen molar-refractivity contribution >= 4 is 22.2 Å². The Bertz CT molecular complexity index is 338. The van der Waals surface area contributed by atoms with Crippen LogP contribution in [0.1, 0.15) is 0 Å². The Morgan fingerprint density at radius 2 is 2.31 bits per heavy atom. The van der Waals surface area contributed by atoms with Gasteiger partial charge in [0.15, 0.2) is 23.9 Å². The highest BCUT2D eigenvalue weighted by atomic mass is 79.9. The molecule has 0 saturated carbocycles. The standard InChI is InChI=1S/C9H7BrO3/c10-6-1-2-8-9(3-6)13-7(4-11)5-12-8/h1-4,7H,5H2. The van der Waals surface area contributed by atoms with Crippen LogP contribution in [-0.2, 0) is 4.79 Å². The van der Waals surface area contributed by atoms with E-state index in [0.717, 1.165) is 10.8 Å². The summed E-state index contributed by atoms with van der Waals surface area (Å²) in [6.45, 7) is 0.290. The van der Waals surface area contributed by atoms with E-state index in [1.165, 1.54) is 0 Å². The number of benzene rings is 1. The molecule has 1 aliphatic heterocycles. The van der Waals surface area contributed by atoms with Crippen molar-refractivity contribution in [2.45, 2.75) is 6.10 Å². The summed E-state index contributed by atoms with van der Waals surface area (Å²) < 4.78 is 11.5. The quantitative estimate of drug-likeness (QED) is 0.705. The molecule has 4 heteroatoms. The van der Waals surface area contributed by atoms with Gasteiger partial charge in [-0.15, -0.1) is 0 Å². The third kappa shape index (κ3) is 1.67. The molecule has 1 atom stereocenters. The van der Waals surface area contributed by atoms with Crippen LogP contribution in [0.25, 0.3) is 0 Å². The van der Waals surface area contributed by atoms with Crippen LogP contribution in [0, 0.1) is 0 Å². The molecule has 13 heavy (non-hydrogen) atoms. The fraction of sp³-hybridized carbons (Fsp3) is 0.222. The third-order valence-corrected chi connectivity index (χ3v) is 2.23. The van der Waals surface area contributed by atoms with E-state index in [-0.39, 0.29) is 6.61 Å². The largest absolute Gasteiger partial charge is 0.485 e. The summed E-state index contributed by atoms with van der Waals surface area (Å²) >= 11 is 3.31. The Morgan fingerprint density at radius 3 is 3.08 bits per heavy atom. The van der Waals surface area contributed by atoms with E-state index >= 15 is 0 Å². The van der Waals surface area contributed by atoms with Gasteiger partial charge in [0, 0.05) is 4.47 Å². The lowest BCUT2D eigenvalue weighted by atomic mass is 10.3. The molecule has 0 aliphatic carbocycles. The first-order chi connectivity index (χ1) is 6.29. The monoisotopic (exact) mass is 242 g/mol. The van der Waals surface area contributed by atoms with E-state index in [0.29, 0.717) is 11.5 Å². The molecule has 1 aromatic carbocycles. The second-order valence-electron chi connectivity index (χ2n) is 2.69. The zero-order valence-electron chi connectivity index (χ0n) is 6.70. The molecule has 0 spiro atoms. The van der Waals surface area contributed by atoms with Crippen LogP contribution in [-0.4, -0.2) is 19.0 Å². The van der Waals surface area contributed by atoms with Crippen molar-refractivity contribution < 1.29 is 14.3 Å². The number of carbonyl (C=O) groups excluding carboxylic acids is 1. The second-order valence-corrected chi connectivity index (χ2v) is 3.61. The van der Waals surface area contributed by atoms with Crippen molar-refractivity contribution in [2.75, 3.05) is 6.61 Å². The first-order valence-corrected chi connectivity index (χ1v) is 4.63. The summed E-state index contributed by atoms with van der Waals surface area (Å²) in [7, 11) is 0. The van der Waals surface area contributed by atoms with Gasteiger partial charge in [0.05, 0.1) is 0 Å². The summed E-state index contributed by atoms with van der Waals surface area (Å²) in [5.41, 5.74) is 0. The van der Waals surface area contributed by atoms with Gasteiger partial charge < -0.3 is 9.47 Å².